The minimum absolute atomic E-state index is 0.0684. The van der Waals surface area contributed by atoms with Crippen molar-refractivity contribution >= 4 is 18.2 Å². The van der Waals surface area contributed by atoms with Crippen LogP contribution in [0.5, 0.6) is 28.7 Å². The number of aliphatic imine (C=N–C) groups is 1. The van der Waals surface area contributed by atoms with E-state index in [-0.39, 0.29) is 43.6 Å². The van der Waals surface area contributed by atoms with E-state index in [1.54, 1.807) is 24.4 Å². The minimum Gasteiger partial charge on any atom is -0.489 e. The van der Waals surface area contributed by atoms with E-state index in [1.807, 2.05) is 42.5 Å². The molecule has 5 aliphatic heterocycles. The van der Waals surface area contributed by atoms with Gasteiger partial charge in [0.15, 0.2) is 30.1 Å². The summed E-state index contributed by atoms with van der Waals surface area (Å²) in [5.74, 6) is -2.08. The lowest BCUT2D eigenvalue weighted by Crippen LogP contribution is -3.08. The number of rotatable bonds is 17. The highest BCUT2D eigenvalue weighted by atomic mass is 16.7. The van der Waals surface area contributed by atoms with Crippen LogP contribution in [0.1, 0.15) is 40.7 Å². The predicted molar refractivity (Wildman–Crippen MR) is 216 cm³/mol. The molecule has 5 heterocycles. The summed E-state index contributed by atoms with van der Waals surface area (Å²) >= 11 is 0. The molecule has 5 aliphatic rings. The molecule has 1 saturated heterocycles. The maximum Gasteiger partial charge on any atom is 0.317 e. The van der Waals surface area contributed by atoms with Crippen LogP contribution in [-0.4, -0.2) is 136 Å². The van der Waals surface area contributed by atoms with E-state index in [2.05, 4.69) is 4.99 Å². The van der Waals surface area contributed by atoms with Gasteiger partial charge < -0.3 is 80.4 Å². The Morgan fingerprint density at radius 1 is 0.968 bits per heavy atom. The summed E-state index contributed by atoms with van der Waals surface area (Å²) in [4.78, 5) is 28.9. The van der Waals surface area contributed by atoms with E-state index in [0.717, 1.165) is 21.6 Å². The largest absolute Gasteiger partial charge is 0.489 e. The summed E-state index contributed by atoms with van der Waals surface area (Å²) in [6.45, 7) is -0.622. The molecule has 0 aromatic heterocycles. The number of hydrogen-bond donors (Lipinski definition) is 10. The third-order valence-electron chi connectivity index (χ3n) is 11.6. The van der Waals surface area contributed by atoms with Crippen LogP contribution in [0.3, 0.4) is 0 Å². The van der Waals surface area contributed by atoms with Crippen molar-refractivity contribution < 1.29 is 83.4 Å². The first-order chi connectivity index (χ1) is 30.4. The molecular weight excluding hydrogens is 828 g/mol. The fourth-order valence-electron chi connectivity index (χ4n) is 8.88. The number of nitrogens with zero attached hydrogens (tertiary/aromatic N) is 1. The number of esters is 1. The minimum atomic E-state index is -1.94. The molecule has 3 aromatic rings. The zero-order chi connectivity index (χ0) is 44.5. The molecule has 0 spiro atoms. The summed E-state index contributed by atoms with van der Waals surface area (Å²) in [7, 11) is 0. The third-order valence-corrected chi connectivity index (χ3v) is 11.6. The zero-order valence-electron chi connectivity index (χ0n) is 33.7. The lowest BCUT2D eigenvalue weighted by atomic mass is 9.80. The molecule has 12 N–H and O–H groups in total. The Hall–Kier alpha value is -5.65. The van der Waals surface area contributed by atoms with Gasteiger partial charge in [0.25, 0.3) is 0 Å². The number of benzene rings is 3. The van der Waals surface area contributed by atoms with Crippen molar-refractivity contribution in [1.29, 1.82) is 0 Å². The molecule has 10 atom stereocenters. The molecule has 1 unspecified atom stereocenters. The average molecular weight is 878 g/mol. The number of hydrogen-bond acceptors (Lipinski definition) is 18. The van der Waals surface area contributed by atoms with Gasteiger partial charge in [0, 0.05) is 41.0 Å². The standard InChI is InChI=1S/C43H48N4O16/c44-42(45)41(61-30(53)15-29(51)52)40-35(55)34(54)36(56)43(63-40)59-23-13-22(17-47-16-21-8-9-46-33(21)25(47)18-49)31-28(14-23)60-27(12-20-4-2-1-3-5-20)32-24-6-7-26(58-19-50)38(57-11-10-48)37(24)62-39(31)32/h1-9,13-14,27,32,34-36,39-43,48-50,54-56H,10-12,15-19,44-45H2,(H,51,52)/p+1/t27-,32-,34+,35+,36-,39+,40+,41-,43-/m1/s1. The van der Waals surface area contributed by atoms with Crippen molar-refractivity contribution in [3.63, 3.8) is 0 Å². The monoisotopic (exact) mass is 877 g/mol. The maximum atomic E-state index is 12.4. The second-order valence-electron chi connectivity index (χ2n) is 15.6. The lowest BCUT2D eigenvalue weighted by Gasteiger charge is -2.43. The van der Waals surface area contributed by atoms with Gasteiger partial charge in [-0.05, 0) is 23.8 Å². The van der Waals surface area contributed by atoms with Crippen LogP contribution in [0.4, 0.5) is 0 Å². The average Bonchev–Trinajstić information content (AvgIpc) is 3.96. The molecular formula is C43H49N4O16+. The highest BCUT2D eigenvalue weighted by Crippen LogP contribution is 2.59. The van der Waals surface area contributed by atoms with Gasteiger partial charge in [-0.25, -0.2) is 0 Å². The van der Waals surface area contributed by atoms with Crippen molar-refractivity contribution in [1.82, 2.24) is 0 Å². The van der Waals surface area contributed by atoms with Gasteiger partial charge in [0.05, 0.1) is 18.7 Å². The van der Waals surface area contributed by atoms with Crippen LogP contribution in [-0.2, 0) is 32.0 Å². The smallest absolute Gasteiger partial charge is 0.317 e. The molecule has 20 heteroatoms. The van der Waals surface area contributed by atoms with Crippen molar-refractivity contribution in [2.24, 2.45) is 16.5 Å². The fourth-order valence-corrected chi connectivity index (χ4v) is 8.88. The van der Waals surface area contributed by atoms with Gasteiger partial charge in [-0.15, -0.1) is 0 Å². The van der Waals surface area contributed by atoms with Gasteiger partial charge in [-0.1, -0.05) is 36.4 Å². The number of aliphatic hydroxyl groups is 6. The fraction of sp³-hybridized carbons (Fsp3) is 0.419. The number of aliphatic hydroxyl groups excluding tert-OH is 6. The summed E-state index contributed by atoms with van der Waals surface area (Å²) in [6, 6.07) is 16.4. The molecule has 0 bridgehead atoms. The van der Waals surface area contributed by atoms with E-state index in [1.165, 1.54) is 0 Å². The van der Waals surface area contributed by atoms with Crippen LogP contribution in [0.15, 0.2) is 82.6 Å². The van der Waals surface area contributed by atoms with Crippen molar-refractivity contribution in [3.05, 3.63) is 99.9 Å². The number of nitrogens with two attached hydrogens (primary N) is 2. The Morgan fingerprint density at radius 3 is 2.48 bits per heavy atom. The van der Waals surface area contributed by atoms with Gasteiger partial charge in [0.2, 0.25) is 12.0 Å². The summed E-state index contributed by atoms with van der Waals surface area (Å²) < 4.78 is 42.7. The molecule has 0 saturated carbocycles. The topological polar surface area (TPSA) is 309 Å². The lowest BCUT2D eigenvalue weighted by molar-refractivity contribution is -0.867. The number of carboxylic acid groups (broad SMARTS) is 1. The number of quaternary nitrogens is 1. The van der Waals surface area contributed by atoms with Gasteiger partial charge in [0.1, 0.15) is 86.5 Å². The number of carbonyl (C=O) groups excluding carboxylic acids is 1. The summed E-state index contributed by atoms with van der Waals surface area (Å²) in [6.07, 6.45) is -10.8. The third kappa shape index (κ3) is 8.70. The second kappa shape index (κ2) is 18.6. The first kappa shape index (κ1) is 44.0. The molecule has 0 aliphatic carbocycles. The molecule has 1 fully saturated rings. The van der Waals surface area contributed by atoms with Crippen LogP contribution in [0.25, 0.3) is 0 Å². The van der Waals surface area contributed by atoms with Crippen molar-refractivity contribution in [3.8, 4) is 28.7 Å². The van der Waals surface area contributed by atoms with Crippen LogP contribution >= 0.6 is 0 Å². The van der Waals surface area contributed by atoms with E-state index in [4.69, 9.17) is 49.7 Å². The number of carbonyl (C=O) groups is 2. The number of fused-ring (bicyclic) bond motifs is 6. The second-order valence-corrected chi connectivity index (χ2v) is 15.6. The first-order valence-corrected chi connectivity index (χ1v) is 20.3. The van der Waals surface area contributed by atoms with Crippen LogP contribution in [0.2, 0.25) is 0 Å². The number of nitrogens with one attached hydrogen (secondary N) is 1. The summed E-state index contributed by atoms with van der Waals surface area (Å²) in [5, 5.41) is 72.3. The van der Waals surface area contributed by atoms with Gasteiger partial charge in [-0.3, -0.25) is 19.5 Å². The SMILES string of the molecule is NC(N)[C@H](OC(=O)CC(=O)O)[C@H]1O[C@@H](Oc2cc(C[NH+]3CC4=CC=NC4=C3CO)c3c(c2)O[C@H](Cc2ccccc2)[C@H]2c4ccc(OCO)c(OCCO)c4O[C@@H]32)[C@H](O)[C@@H](O)[C@@H]1O. The molecule has 20 nitrogen and oxygen atoms in total. The Bertz CT molecular complexity index is 2290. The van der Waals surface area contributed by atoms with Crippen LogP contribution in [0, 0.1) is 0 Å². The molecule has 0 radical (unpaired) electrons. The Labute approximate surface area is 359 Å². The van der Waals surface area contributed by atoms with Gasteiger partial charge in [-0.2, -0.15) is 0 Å². The van der Waals surface area contributed by atoms with Crippen molar-refractivity contribution in [2.45, 2.75) is 80.5 Å². The van der Waals surface area contributed by atoms with E-state index in [9.17, 15) is 40.2 Å². The van der Waals surface area contributed by atoms with E-state index < -0.39 is 86.3 Å². The van der Waals surface area contributed by atoms with E-state index >= 15 is 0 Å². The molecule has 3 aromatic carbocycles. The maximum absolute atomic E-state index is 12.4. The number of aliphatic carboxylic acids is 1. The number of allylic oxidation sites excluding steroid dienone is 1. The normalized spacial score (nSPS) is 27.1. The molecule has 336 valence electrons. The Morgan fingerprint density at radius 2 is 1.76 bits per heavy atom. The molecule has 0 amide bonds. The quantitative estimate of drug-likeness (QED) is 0.0400. The molecule has 8 rings (SSSR count). The number of carboxylic acids is 1. The summed E-state index contributed by atoms with van der Waals surface area (Å²) in [5.41, 5.74) is 17.0. The van der Waals surface area contributed by atoms with Crippen molar-refractivity contribution in [2.75, 3.05) is 33.2 Å². The first-order valence-electron chi connectivity index (χ1n) is 20.3. The van der Waals surface area contributed by atoms with Gasteiger partial charge >= 0.3 is 11.9 Å². The predicted octanol–water partition coefficient (Wildman–Crippen LogP) is -1.96. The Kier molecular flexibility index (Phi) is 13.0. The zero-order valence-corrected chi connectivity index (χ0v) is 33.7. The van der Waals surface area contributed by atoms with E-state index in [0.29, 0.717) is 47.0 Å². The molecule has 63 heavy (non-hydrogen) atoms. The highest BCUT2D eigenvalue weighted by molar-refractivity contribution is 5.90. The number of ether oxygens (including phenoxy) is 7. The highest BCUT2D eigenvalue weighted by Gasteiger charge is 2.52. The Balaban J connectivity index is 1.22. The van der Waals surface area contributed by atoms with Crippen LogP contribution < -0.4 is 40.1 Å².